The first-order valence-electron chi connectivity index (χ1n) is 15.1. The molecule has 10 heteroatoms. The van der Waals surface area contributed by atoms with Gasteiger partial charge in [0.25, 0.3) is 5.91 Å². The molecule has 3 atom stereocenters. The minimum Gasteiger partial charge on any atom is -0.486 e. The first-order valence-corrected chi connectivity index (χ1v) is 15.9. The van der Waals surface area contributed by atoms with Crippen LogP contribution in [0.2, 0.25) is 0 Å². The molecule has 46 heavy (non-hydrogen) atoms. The highest BCUT2D eigenvalue weighted by Gasteiger charge is 2.36. The molecule has 1 aliphatic rings. The van der Waals surface area contributed by atoms with Gasteiger partial charge in [0, 0.05) is 41.7 Å². The van der Waals surface area contributed by atoms with Crippen LogP contribution in [-0.4, -0.2) is 62.5 Å². The van der Waals surface area contributed by atoms with Gasteiger partial charge in [-0.15, -0.1) is 0 Å². The van der Waals surface area contributed by atoms with Crippen LogP contribution in [0, 0.1) is 0 Å². The Morgan fingerprint density at radius 1 is 0.935 bits per heavy atom. The van der Waals surface area contributed by atoms with E-state index in [1.807, 2.05) is 72.8 Å². The third-order valence-electron chi connectivity index (χ3n) is 7.68. The number of halogens is 1. The van der Waals surface area contributed by atoms with E-state index in [4.69, 9.17) is 24.7 Å². The summed E-state index contributed by atoms with van der Waals surface area (Å²) in [7, 11) is 1.61. The first-order chi connectivity index (χ1) is 22.4. The van der Waals surface area contributed by atoms with Crippen LogP contribution < -0.4 is 20.5 Å². The zero-order valence-corrected chi connectivity index (χ0v) is 27.2. The van der Waals surface area contributed by atoms with Crippen molar-refractivity contribution in [2.45, 2.75) is 31.2 Å². The van der Waals surface area contributed by atoms with Crippen molar-refractivity contribution in [1.82, 2.24) is 10.2 Å². The van der Waals surface area contributed by atoms with Crippen molar-refractivity contribution in [2.24, 2.45) is 5.73 Å². The Labute approximate surface area is 277 Å². The largest absolute Gasteiger partial charge is 0.486 e. The summed E-state index contributed by atoms with van der Waals surface area (Å²) < 4.78 is 23.4. The second-order valence-electron chi connectivity index (χ2n) is 11.0. The van der Waals surface area contributed by atoms with Crippen LogP contribution in [0.3, 0.4) is 0 Å². The number of hydrogen-bond donors (Lipinski definition) is 2. The van der Waals surface area contributed by atoms with Gasteiger partial charge in [-0.2, -0.15) is 0 Å². The van der Waals surface area contributed by atoms with Crippen LogP contribution in [0.5, 0.6) is 11.5 Å². The highest BCUT2D eigenvalue weighted by atomic mass is 79.9. The zero-order valence-electron chi connectivity index (χ0n) is 25.6. The van der Waals surface area contributed by atoms with E-state index in [1.165, 1.54) is 0 Å². The Balaban J connectivity index is 1.37. The van der Waals surface area contributed by atoms with Gasteiger partial charge in [-0.05, 0) is 47.5 Å². The van der Waals surface area contributed by atoms with Crippen LogP contribution in [0.25, 0.3) is 0 Å². The van der Waals surface area contributed by atoms with Gasteiger partial charge in [-0.1, -0.05) is 76.6 Å². The standard InChI is InChI=1S/C36H38BrN3O6/c1-43-18-19-44-24-45-29-16-17-30-32(21-29)46-33(34(30)38)23-40(22-26-12-14-28(37)15-13-26)36(42)31(20-25-8-4-2-5-9-25)39-35(41)27-10-6-3-7-11-27/h2-17,21,31,33-34H,18-20,22-24,38H2,1H3,(H,39,41). The Bertz CT molecular complexity index is 1570. The molecule has 1 heterocycles. The molecule has 3 N–H and O–H groups in total. The second kappa shape index (κ2) is 16.4. The Hall–Kier alpha value is -4.22. The number of hydrogen-bond acceptors (Lipinski definition) is 7. The van der Waals surface area contributed by atoms with Crippen LogP contribution in [0.1, 0.15) is 33.1 Å². The van der Waals surface area contributed by atoms with E-state index in [0.717, 1.165) is 21.2 Å². The maximum absolute atomic E-state index is 14.5. The summed E-state index contributed by atoms with van der Waals surface area (Å²) in [4.78, 5) is 29.5. The molecule has 1 aliphatic heterocycles. The molecule has 0 fully saturated rings. The summed E-state index contributed by atoms with van der Waals surface area (Å²) in [5.41, 5.74) is 9.86. The van der Waals surface area contributed by atoms with E-state index in [9.17, 15) is 9.59 Å². The number of amides is 2. The molecule has 4 aromatic rings. The molecule has 240 valence electrons. The molecule has 2 amide bonds. The van der Waals surface area contributed by atoms with Crippen LogP contribution >= 0.6 is 15.9 Å². The summed E-state index contributed by atoms with van der Waals surface area (Å²) >= 11 is 3.49. The first kappa shape index (κ1) is 33.2. The number of carbonyl (C=O) groups excluding carboxylic acids is 2. The zero-order chi connectivity index (χ0) is 32.3. The van der Waals surface area contributed by atoms with Crippen molar-refractivity contribution in [3.8, 4) is 11.5 Å². The van der Waals surface area contributed by atoms with Gasteiger partial charge in [0.2, 0.25) is 5.91 Å². The second-order valence-corrected chi connectivity index (χ2v) is 11.9. The maximum Gasteiger partial charge on any atom is 0.251 e. The van der Waals surface area contributed by atoms with Gasteiger partial charge in [0.05, 0.1) is 25.8 Å². The molecule has 0 aromatic heterocycles. The van der Waals surface area contributed by atoms with Gasteiger partial charge in [-0.3, -0.25) is 9.59 Å². The fourth-order valence-corrected chi connectivity index (χ4v) is 5.51. The lowest BCUT2D eigenvalue weighted by Gasteiger charge is -2.31. The predicted octanol–water partition coefficient (Wildman–Crippen LogP) is 5.28. The van der Waals surface area contributed by atoms with E-state index in [0.29, 0.717) is 43.2 Å². The number of fused-ring (bicyclic) bond motifs is 1. The molecule has 0 aliphatic carbocycles. The quantitative estimate of drug-likeness (QED) is 0.129. The van der Waals surface area contributed by atoms with E-state index >= 15 is 0 Å². The summed E-state index contributed by atoms with van der Waals surface area (Å²) in [5, 5.41) is 3.00. The number of methoxy groups -OCH3 is 1. The molecular weight excluding hydrogens is 650 g/mol. The lowest BCUT2D eigenvalue weighted by Crippen LogP contribution is -2.52. The fraction of sp³-hybridized carbons (Fsp3) is 0.278. The van der Waals surface area contributed by atoms with Crippen molar-refractivity contribution >= 4 is 27.7 Å². The molecule has 0 bridgehead atoms. The maximum atomic E-state index is 14.5. The van der Waals surface area contributed by atoms with Crippen LogP contribution in [0.4, 0.5) is 0 Å². The lowest BCUT2D eigenvalue weighted by atomic mass is 10.0. The summed E-state index contributed by atoms with van der Waals surface area (Å²) in [6.07, 6.45) is -0.204. The number of carbonyl (C=O) groups is 2. The van der Waals surface area contributed by atoms with Crippen molar-refractivity contribution < 1.29 is 28.5 Å². The molecule has 0 saturated heterocycles. The Kier molecular flexibility index (Phi) is 11.8. The number of rotatable bonds is 15. The highest BCUT2D eigenvalue weighted by Crippen LogP contribution is 2.38. The Morgan fingerprint density at radius 3 is 2.37 bits per heavy atom. The number of nitrogens with zero attached hydrogens (tertiary/aromatic N) is 1. The van der Waals surface area contributed by atoms with Crippen molar-refractivity contribution in [3.05, 3.63) is 130 Å². The SMILES string of the molecule is COCCOCOc1ccc2c(c1)OC(CN(Cc1ccc(Br)cc1)C(=O)C(Cc1ccccc1)NC(=O)c1ccccc1)C2N. The fourth-order valence-electron chi connectivity index (χ4n) is 5.24. The van der Waals surface area contributed by atoms with Crippen LogP contribution in [0.15, 0.2) is 108 Å². The normalized spacial score (nSPS) is 15.8. The van der Waals surface area contributed by atoms with Crippen LogP contribution in [-0.2, 0) is 27.2 Å². The van der Waals surface area contributed by atoms with E-state index in [-0.39, 0.29) is 25.2 Å². The van der Waals surface area contributed by atoms with Crippen molar-refractivity contribution in [2.75, 3.05) is 33.7 Å². The minimum absolute atomic E-state index is 0.0740. The number of nitrogens with one attached hydrogen (secondary N) is 1. The summed E-state index contributed by atoms with van der Waals surface area (Å²) in [5.74, 6) is 0.623. The summed E-state index contributed by atoms with van der Waals surface area (Å²) in [6.45, 7) is 1.47. The molecule has 3 unspecified atom stereocenters. The minimum atomic E-state index is -0.830. The van der Waals surface area contributed by atoms with Gasteiger partial charge in [-0.25, -0.2) is 0 Å². The molecule has 5 rings (SSSR count). The van der Waals surface area contributed by atoms with Gasteiger partial charge >= 0.3 is 0 Å². The van der Waals surface area contributed by atoms with E-state index in [1.54, 1.807) is 42.3 Å². The third-order valence-corrected chi connectivity index (χ3v) is 8.21. The van der Waals surface area contributed by atoms with Gasteiger partial charge < -0.3 is 34.9 Å². The van der Waals surface area contributed by atoms with Gasteiger partial charge in [0.1, 0.15) is 23.6 Å². The topological polar surface area (TPSA) is 112 Å². The number of nitrogens with two attached hydrogens (primary N) is 1. The Morgan fingerprint density at radius 2 is 1.65 bits per heavy atom. The molecule has 0 radical (unpaired) electrons. The summed E-state index contributed by atoms with van der Waals surface area (Å²) in [6, 6.07) is 30.5. The van der Waals surface area contributed by atoms with Gasteiger partial charge in [0.15, 0.2) is 6.79 Å². The average molecular weight is 689 g/mol. The van der Waals surface area contributed by atoms with Crippen molar-refractivity contribution in [3.63, 3.8) is 0 Å². The molecular formula is C36H38BrN3O6. The molecule has 0 saturated carbocycles. The monoisotopic (exact) mass is 687 g/mol. The number of benzene rings is 4. The smallest absolute Gasteiger partial charge is 0.251 e. The predicted molar refractivity (Wildman–Crippen MR) is 179 cm³/mol. The van der Waals surface area contributed by atoms with E-state index in [2.05, 4.69) is 21.2 Å². The average Bonchev–Trinajstić information content (AvgIpc) is 3.39. The molecule has 0 spiro atoms. The van der Waals surface area contributed by atoms with E-state index < -0.39 is 18.2 Å². The third kappa shape index (κ3) is 8.95. The molecule has 9 nitrogen and oxygen atoms in total. The highest BCUT2D eigenvalue weighted by molar-refractivity contribution is 9.10. The lowest BCUT2D eigenvalue weighted by molar-refractivity contribution is -0.135. The van der Waals surface area contributed by atoms with Crippen molar-refractivity contribution in [1.29, 1.82) is 0 Å². The molecule has 4 aromatic carbocycles. The number of ether oxygens (including phenoxy) is 4.